The Morgan fingerprint density at radius 3 is 2.43 bits per heavy atom. The third kappa shape index (κ3) is 3.59. The molecule has 6 heteroatoms. The molecule has 0 bridgehead atoms. The zero-order valence-corrected chi connectivity index (χ0v) is 13.2. The van der Waals surface area contributed by atoms with Crippen LogP contribution in [-0.2, 0) is 13.6 Å². The highest BCUT2D eigenvalue weighted by Gasteiger charge is 2.19. The van der Waals surface area contributed by atoms with E-state index in [0.29, 0.717) is 17.7 Å². The molecule has 0 radical (unpaired) electrons. The third-order valence-electron chi connectivity index (χ3n) is 4.01. The van der Waals surface area contributed by atoms with E-state index in [2.05, 4.69) is 10.4 Å². The number of aryl methyl sites for hydroxylation is 1. The molecule has 2 amide bonds. The normalized spacial score (nSPS) is 14.0. The van der Waals surface area contributed by atoms with Crippen molar-refractivity contribution in [3.63, 3.8) is 0 Å². The second-order valence-electron chi connectivity index (χ2n) is 5.78. The van der Waals surface area contributed by atoms with E-state index in [0.717, 1.165) is 31.5 Å². The molecule has 0 unspecified atom stereocenters. The standard InChI is InChI=1S/C17H20N4O2/c1-20-12-15(11-19-20)16(22)18-10-13-4-6-14(7-5-13)17(23)21-8-2-3-9-21/h4-7,11-12H,2-3,8-10H2,1H3,(H,18,22). The second kappa shape index (κ2) is 6.64. The zero-order chi connectivity index (χ0) is 16.2. The van der Waals surface area contributed by atoms with Gasteiger partial charge in [0.05, 0.1) is 11.8 Å². The van der Waals surface area contributed by atoms with Crippen molar-refractivity contribution in [1.29, 1.82) is 0 Å². The van der Waals surface area contributed by atoms with E-state index in [1.54, 1.807) is 17.9 Å². The molecule has 0 spiro atoms. The van der Waals surface area contributed by atoms with E-state index in [1.807, 2.05) is 29.2 Å². The molecule has 3 rings (SSSR count). The average molecular weight is 312 g/mol. The highest BCUT2D eigenvalue weighted by atomic mass is 16.2. The van der Waals surface area contributed by atoms with Crippen LogP contribution in [0.5, 0.6) is 0 Å². The maximum Gasteiger partial charge on any atom is 0.254 e. The van der Waals surface area contributed by atoms with Gasteiger partial charge in [0.25, 0.3) is 11.8 Å². The highest BCUT2D eigenvalue weighted by Crippen LogP contribution is 2.13. The van der Waals surface area contributed by atoms with Gasteiger partial charge < -0.3 is 10.2 Å². The lowest BCUT2D eigenvalue weighted by Gasteiger charge is -2.15. The second-order valence-corrected chi connectivity index (χ2v) is 5.78. The molecule has 0 atom stereocenters. The molecule has 1 aromatic heterocycles. The smallest absolute Gasteiger partial charge is 0.254 e. The largest absolute Gasteiger partial charge is 0.348 e. The number of likely N-dealkylation sites (tertiary alicyclic amines) is 1. The lowest BCUT2D eigenvalue weighted by Crippen LogP contribution is -2.27. The Balaban J connectivity index is 1.57. The van der Waals surface area contributed by atoms with Crippen molar-refractivity contribution in [1.82, 2.24) is 20.0 Å². The topological polar surface area (TPSA) is 67.2 Å². The number of nitrogens with zero attached hydrogens (tertiary/aromatic N) is 3. The quantitative estimate of drug-likeness (QED) is 0.932. The Morgan fingerprint density at radius 2 is 1.83 bits per heavy atom. The van der Waals surface area contributed by atoms with Gasteiger partial charge in [-0.05, 0) is 30.5 Å². The van der Waals surface area contributed by atoms with Gasteiger partial charge >= 0.3 is 0 Å². The summed E-state index contributed by atoms with van der Waals surface area (Å²) in [5.74, 6) is -0.0660. The lowest BCUT2D eigenvalue weighted by molar-refractivity contribution is 0.0792. The first kappa shape index (κ1) is 15.3. The van der Waals surface area contributed by atoms with Gasteiger partial charge in [0.15, 0.2) is 0 Å². The highest BCUT2D eigenvalue weighted by molar-refractivity contribution is 5.94. The fraction of sp³-hybridized carbons (Fsp3) is 0.353. The Bertz CT molecular complexity index is 700. The van der Waals surface area contributed by atoms with Crippen molar-refractivity contribution in [2.75, 3.05) is 13.1 Å². The number of benzene rings is 1. The molecule has 2 heterocycles. The molecule has 1 aliphatic rings. The summed E-state index contributed by atoms with van der Waals surface area (Å²) in [6, 6.07) is 7.41. The van der Waals surface area contributed by atoms with Crippen molar-refractivity contribution >= 4 is 11.8 Å². The van der Waals surface area contributed by atoms with Crippen LogP contribution in [-0.4, -0.2) is 39.6 Å². The van der Waals surface area contributed by atoms with Crippen molar-refractivity contribution in [3.05, 3.63) is 53.3 Å². The molecule has 2 aromatic rings. The molecule has 6 nitrogen and oxygen atoms in total. The minimum atomic E-state index is -0.157. The van der Waals surface area contributed by atoms with E-state index in [4.69, 9.17) is 0 Å². The summed E-state index contributed by atoms with van der Waals surface area (Å²) >= 11 is 0. The monoisotopic (exact) mass is 312 g/mol. The van der Waals surface area contributed by atoms with Gasteiger partial charge in [-0.1, -0.05) is 12.1 Å². The zero-order valence-electron chi connectivity index (χ0n) is 13.2. The predicted molar refractivity (Wildman–Crippen MR) is 86.0 cm³/mol. The van der Waals surface area contributed by atoms with Gasteiger partial charge in [-0.2, -0.15) is 5.10 Å². The van der Waals surface area contributed by atoms with Gasteiger partial charge in [-0.15, -0.1) is 0 Å². The minimum absolute atomic E-state index is 0.0912. The lowest BCUT2D eigenvalue weighted by atomic mass is 10.1. The van der Waals surface area contributed by atoms with Crippen LogP contribution in [0.4, 0.5) is 0 Å². The van der Waals surface area contributed by atoms with Gasteiger partial charge in [0, 0.05) is 38.4 Å². The molecule has 0 saturated carbocycles. The number of hydrogen-bond acceptors (Lipinski definition) is 3. The molecule has 23 heavy (non-hydrogen) atoms. The first-order chi connectivity index (χ1) is 11.1. The summed E-state index contributed by atoms with van der Waals surface area (Å²) in [6.45, 7) is 2.12. The number of amides is 2. The van der Waals surface area contributed by atoms with Gasteiger partial charge in [0.1, 0.15) is 0 Å². The van der Waals surface area contributed by atoms with Crippen LogP contribution in [0.25, 0.3) is 0 Å². The van der Waals surface area contributed by atoms with Crippen LogP contribution in [0.3, 0.4) is 0 Å². The Morgan fingerprint density at radius 1 is 1.13 bits per heavy atom. The van der Waals surface area contributed by atoms with E-state index >= 15 is 0 Å². The van der Waals surface area contributed by atoms with E-state index in [-0.39, 0.29) is 11.8 Å². The van der Waals surface area contributed by atoms with Crippen molar-refractivity contribution in [3.8, 4) is 0 Å². The molecule has 0 aliphatic carbocycles. The number of aromatic nitrogens is 2. The predicted octanol–water partition coefficient (Wildman–Crippen LogP) is 1.59. The van der Waals surface area contributed by atoms with Crippen molar-refractivity contribution in [2.45, 2.75) is 19.4 Å². The SMILES string of the molecule is Cn1cc(C(=O)NCc2ccc(C(=O)N3CCCC3)cc2)cn1. The maximum absolute atomic E-state index is 12.3. The molecule has 1 aromatic carbocycles. The van der Waals surface area contributed by atoms with Crippen molar-refractivity contribution < 1.29 is 9.59 Å². The Hall–Kier alpha value is -2.63. The van der Waals surface area contributed by atoms with Gasteiger partial charge in [-0.3, -0.25) is 14.3 Å². The summed E-state index contributed by atoms with van der Waals surface area (Å²) in [6.07, 6.45) is 5.38. The number of carbonyl (C=O) groups excluding carboxylic acids is 2. The van der Waals surface area contributed by atoms with Gasteiger partial charge in [-0.25, -0.2) is 0 Å². The molecule has 120 valence electrons. The molecular formula is C17H20N4O2. The summed E-state index contributed by atoms with van der Waals surface area (Å²) in [4.78, 5) is 26.1. The first-order valence-corrected chi connectivity index (χ1v) is 7.78. The van der Waals surface area contributed by atoms with Gasteiger partial charge in [0.2, 0.25) is 0 Å². The number of carbonyl (C=O) groups is 2. The fourth-order valence-corrected chi connectivity index (χ4v) is 2.69. The van der Waals surface area contributed by atoms with Crippen LogP contribution < -0.4 is 5.32 Å². The Kier molecular flexibility index (Phi) is 4.41. The molecule has 1 fully saturated rings. The first-order valence-electron chi connectivity index (χ1n) is 7.78. The molecule has 1 saturated heterocycles. The van der Waals surface area contributed by atoms with Crippen LogP contribution >= 0.6 is 0 Å². The molecule has 1 aliphatic heterocycles. The Labute approximate surface area is 135 Å². The summed E-state index contributed by atoms with van der Waals surface area (Å²) < 4.78 is 1.59. The van der Waals surface area contributed by atoms with Crippen molar-refractivity contribution in [2.24, 2.45) is 7.05 Å². The molecule has 1 N–H and O–H groups in total. The maximum atomic E-state index is 12.3. The average Bonchev–Trinajstić information content (AvgIpc) is 3.24. The summed E-state index contributed by atoms with van der Waals surface area (Å²) in [7, 11) is 1.77. The van der Waals surface area contributed by atoms with E-state index in [9.17, 15) is 9.59 Å². The fourth-order valence-electron chi connectivity index (χ4n) is 2.69. The van der Waals surface area contributed by atoms with Crippen LogP contribution in [0.1, 0.15) is 39.1 Å². The summed E-state index contributed by atoms with van der Waals surface area (Å²) in [5, 5.41) is 6.82. The van der Waals surface area contributed by atoms with E-state index < -0.39 is 0 Å². The van der Waals surface area contributed by atoms with Crippen LogP contribution in [0.15, 0.2) is 36.7 Å². The molecular weight excluding hydrogens is 292 g/mol. The van der Waals surface area contributed by atoms with Crippen LogP contribution in [0, 0.1) is 0 Å². The minimum Gasteiger partial charge on any atom is -0.348 e. The number of nitrogens with one attached hydrogen (secondary N) is 1. The third-order valence-corrected chi connectivity index (χ3v) is 4.01. The summed E-state index contributed by atoms with van der Waals surface area (Å²) in [5.41, 5.74) is 2.20. The van der Waals surface area contributed by atoms with Crippen LogP contribution in [0.2, 0.25) is 0 Å². The number of rotatable bonds is 4. The number of hydrogen-bond donors (Lipinski definition) is 1. The van der Waals surface area contributed by atoms with E-state index in [1.165, 1.54) is 6.20 Å².